The minimum atomic E-state index is -0.376. The molecule has 1 aliphatic rings. The van der Waals surface area contributed by atoms with Gasteiger partial charge in [0.05, 0.1) is 18.9 Å². The van der Waals surface area contributed by atoms with Crippen LogP contribution in [0.1, 0.15) is 55.6 Å². The Morgan fingerprint density at radius 1 is 1.27 bits per heavy atom. The van der Waals surface area contributed by atoms with Crippen LogP contribution < -0.4 is 15.1 Å². The van der Waals surface area contributed by atoms with E-state index in [9.17, 15) is 9.18 Å². The summed E-state index contributed by atoms with van der Waals surface area (Å²) in [6, 6.07) is 10.0. The van der Waals surface area contributed by atoms with Crippen molar-refractivity contribution in [2.75, 3.05) is 18.6 Å². The molecule has 3 rings (SSSR count). The molecular formula is C24H28FN3O2. The minimum absolute atomic E-state index is 0.179. The van der Waals surface area contributed by atoms with Gasteiger partial charge in [-0.1, -0.05) is 13.0 Å². The van der Waals surface area contributed by atoms with E-state index in [0.717, 1.165) is 29.8 Å². The van der Waals surface area contributed by atoms with Gasteiger partial charge >= 0.3 is 0 Å². The number of rotatable bonds is 6. The smallest absolute Gasteiger partial charge is 0.271 e. The van der Waals surface area contributed by atoms with Crippen LogP contribution in [0, 0.1) is 5.82 Å². The van der Waals surface area contributed by atoms with E-state index < -0.39 is 0 Å². The molecule has 0 unspecified atom stereocenters. The van der Waals surface area contributed by atoms with Crippen molar-refractivity contribution in [2.24, 2.45) is 5.10 Å². The highest BCUT2D eigenvalue weighted by molar-refractivity contribution is 5.95. The predicted molar refractivity (Wildman–Crippen MR) is 120 cm³/mol. The lowest BCUT2D eigenvalue weighted by Crippen LogP contribution is -2.45. The van der Waals surface area contributed by atoms with Crippen LogP contribution in [0.2, 0.25) is 0 Å². The first-order chi connectivity index (χ1) is 14.3. The number of amides is 1. The van der Waals surface area contributed by atoms with Gasteiger partial charge in [-0.3, -0.25) is 4.79 Å². The molecule has 0 saturated heterocycles. The lowest BCUT2D eigenvalue weighted by atomic mass is 9.88. The summed E-state index contributed by atoms with van der Waals surface area (Å²) in [6.45, 7) is 9.26. The summed E-state index contributed by atoms with van der Waals surface area (Å²) >= 11 is 0. The number of allylic oxidation sites excluding steroid dienone is 1. The SMILES string of the molecule is CCCN1c2cc(F)c(/C=N\NC(=O)c3ccc(OC)cc3)cc2C(C)=CC1(C)C. The van der Waals surface area contributed by atoms with E-state index in [4.69, 9.17) is 4.74 Å². The molecule has 0 aromatic heterocycles. The highest BCUT2D eigenvalue weighted by Gasteiger charge is 2.31. The molecule has 30 heavy (non-hydrogen) atoms. The molecule has 0 aliphatic carbocycles. The largest absolute Gasteiger partial charge is 0.497 e. The van der Waals surface area contributed by atoms with Crippen molar-refractivity contribution < 1.29 is 13.9 Å². The summed E-state index contributed by atoms with van der Waals surface area (Å²) in [6.07, 6.45) is 4.52. The van der Waals surface area contributed by atoms with Crippen LogP contribution in [-0.2, 0) is 0 Å². The number of methoxy groups -OCH3 is 1. The standard InChI is InChI=1S/C24H28FN3O2/c1-6-11-28-22-13-21(25)18(12-20(22)16(2)14-24(28,3)4)15-26-27-23(29)17-7-9-19(30-5)10-8-17/h7-10,12-15H,6,11H2,1-5H3,(H,27,29)/b26-15-. The molecule has 0 bridgehead atoms. The van der Waals surface area contributed by atoms with Crippen LogP contribution in [0.4, 0.5) is 10.1 Å². The van der Waals surface area contributed by atoms with E-state index >= 15 is 0 Å². The van der Waals surface area contributed by atoms with Gasteiger partial charge in [0.15, 0.2) is 0 Å². The Hall–Kier alpha value is -3.15. The number of hydrazone groups is 1. The molecule has 2 aromatic carbocycles. The second kappa shape index (κ2) is 8.69. The number of halogens is 1. The number of ether oxygens (including phenoxy) is 1. The number of benzene rings is 2. The summed E-state index contributed by atoms with van der Waals surface area (Å²) in [5.41, 5.74) is 5.99. The third-order valence-electron chi connectivity index (χ3n) is 5.27. The number of carbonyl (C=O) groups is 1. The lowest BCUT2D eigenvalue weighted by Gasteiger charge is -2.43. The number of nitrogens with zero attached hydrogens (tertiary/aromatic N) is 2. The lowest BCUT2D eigenvalue weighted by molar-refractivity contribution is 0.0955. The molecule has 1 amide bonds. The monoisotopic (exact) mass is 409 g/mol. The first-order valence-corrected chi connectivity index (χ1v) is 10.0. The molecule has 158 valence electrons. The van der Waals surface area contributed by atoms with Gasteiger partial charge in [-0.2, -0.15) is 5.10 Å². The second-order valence-corrected chi connectivity index (χ2v) is 7.95. The van der Waals surface area contributed by atoms with E-state index in [1.165, 1.54) is 6.21 Å². The van der Waals surface area contributed by atoms with Crippen LogP contribution in [-0.4, -0.2) is 31.3 Å². The molecule has 5 nitrogen and oxygen atoms in total. The molecule has 1 N–H and O–H groups in total. The van der Waals surface area contributed by atoms with E-state index in [1.54, 1.807) is 43.5 Å². The zero-order valence-corrected chi connectivity index (χ0v) is 18.1. The van der Waals surface area contributed by atoms with Crippen LogP contribution >= 0.6 is 0 Å². The Balaban J connectivity index is 1.82. The van der Waals surface area contributed by atoms with Crippen molar-refractivity contribution in [3.05, 3.63) is 65.0 Å². The summed E-state index contributed by atoms with van der Waals surface area (Å²) in [4.78, 5) is 14.4. The molecule has 0 atom stereocenters. The van der Waals surface area contributed by atoms with Gasteiger partial charge in [0.1, 0.15) is 11.6 Å². The molecule has 1 aliphatic heterocycles. The first-order valence-electron chi connectivity index (χ1n) is 10.0. The summed E-state index contributed by atoms with van der Waals surface area (Å²) in [5.74, 6) is -0.0862. The summed E-state index contributed by atoms with van der Waals surface area (Å²) < 4.78 is 19.9. The van der Waals surface area contributed by atoms with Gasteiger partial charge in [0.25, 0.3) is 5.91 Å². The van der Waals surface area contributed by atoms with Crippen molar-refractivity contribution in [3.63, 3.8) is 0 Å². The van der Waals surface area contributed by atoms with Crippen LogP contribution in [0.5, 0.6) is 5.75 Å². The van der Waals surface area contributed by atoms with Crippen molar-refractivity contribution in [2.45, 2.75) is 39.7 Å². The Labute approximate surface area is 177 Å². The maximum Gasteiger partial charge on any atom is 0.271 e. The van der Waals surface area contributed by atoms with Gasteiger partial charge in [-0.15, -0.1) is 0 Å². The zero-order chi connectivity index (χ0) is 21.9. The van der Waals surface area contributed by atoms with E-state index in [1.807, 2.05) is 6.92 Å². The van der Waals surface area contributed by atoms with Gasteiger partial charge in [-0.05, 0) is 69.2 Å². The Kier molecular flexibility index (Phi) is 6.25. The Bertz CT molecular complexity index is 994. The molecule has 0 spiro atoms. The van der Waals surface area contributed by atoms with Crippen LogP contribution in [0.3, 0.4) is 0 Å². The molecular weight excluding hydrogens is 381 g/mol. The molecule has 0 radical (unpaired) electrons. The number of hydrogen-bond donors (Lipinski definition) is 1. The number of nitrogens with one attached hydrogen (secondary N) is 1. The summed E-state index contributed by atoms with van der Waals surface area (Å²) in [7, 11) is 1.56. The minimum Gasteiger partial charge on any atom is -0.497 e. The molecule has 0 fully saturated rings. The summed E-state index contributed by atoms with van der Waals surface area (Å²) in [5, 5.41) is 3.95. The highest BCUT2D eigenvalue weighted by atomic mass is 19.1. The maximum absolute atomic E-state index is 14.8. The quantitative estimate of drug-likeness (QED) is 0.539. The molecule has 0 saturated carbocycles. The third kappa shape index (κ3) is 4.37. The van der Waals surface area contributed by atoms with E-state index in [2.05, 4.69) is 42.3 Å². The molecule has 2 aromatic rings. The van der Waals surface area contributed by atoms with Crippen LogP contribution in [0.25, 0.3) is 5.57 Å². The van der Waals surface area contributed by atoms with E-state index in [0.29, 0.717) is 16.9 Å². The van der Waals surface area contributed by atoms with Crippen molar-refractivity contribution in [1.82, 2.24) is 5.43 Å². The van der Waals surface area contributed by atoms with Gasteiger partial charge in [0, 0.05) is 28.9 Å². The Morgan fingerprint density at radius 2 is 1.97 bits per heavy atom. The van der Waals surface area contributed by atoms with Crippen molar-refractivity contribution in [1.29, 1.82) is 0 Å². The van der Waals surface area contributed by atoms with E-state index in [-0.39, 0.29) is 17.3 Å². The number of carbonyl (C=O) groups excluding carboxylic acids is 1. The zero-order valence-electron chi connectivity index (χ0n) is 18.1. The maximum atomic E-state index is 14.8. The highest BCUT2D eigenvalue weighted by Crippen LogP contribution is 2.39. The fourth-order valence-corrected chi connectivity index (χ4v) is 3.81. The van der Waals surface area contributed by atoms with Crippen molar-refractivity contribution in [3.8, 4) is 5.75 Å². The molecule has 1 heterocycles. The van der Waals surface area contributed by atoms with Crippen LogP contribution in [0.15, 0.2) is 47.6 Å². The second-order valence-electron chi connectivity index (χ2n) is 7.95. The normalized spacial score (nSPS) is 15.0. The number of fused-ring (bicyclic) bond motifs is 1. The fourth-order valence-electron chi connectivity index (χ4n) is 3.81. The number of hydrogen-bond acceptors (Lipinski definition) is 4. The van der Waals surface area contributed by atoms with Gasteiger partial charge in [-0.25, -0.2) is 9.82 Å². The first kappa shape index (κ1) is 21.6. The number of anilines is 1. The van der Waals surface area contributed by atoms with Gasteiger partial charge in [0.2, 0.25) is 0 Å². The van der Waals surface area contributed by atoms with Crippen molar-refractivity contribution >= 4 is 23.4 Å². The molecule has 6 heteroatoms. The average Bonchev–Trinajstić information content (AvgIpc) is 2.71. The topological polar surface area (TPSA) is 53.9 Å². The van der Waals surface area contributed by atoms with Gasteiger partial charge < -0.3 is 9.64 Å². The third-order valence-corrected chi connectivity index (χ3v) is 5.27. The predicted octanol–water partition coefficient (Wildman–Crippen LogP) is 5.01. The fraction of sp³-hybridized carbons (Fsp3) is 0.333. The average molecular weight is 410 g/mol. The Morgan fingerprint density at radius 3 is 2.60 bits per heavy atom.